The lowest BCUT2D eigenvalue weighted by Crippen LogP contribution is -2.46. The molecule has 150 valence electrons. The number of anilines is 1. The molecule has 1 aromatic carbocycles. The Kier molecular flexibility index (Phi) is 7.36. The molecular weight excluding hydrogens is 415 g/mol. The number of ether oxygens (including phenoxy) is 1. The summed E-state index contributed by atoms with van der Waals surface area (Å²) in [6, 6.07) is 4.40. The second-order valence-corrected chi connectivity index (χ2v) is 9.02. The van der Waals surface area contributed by atoms with Crippen molar-refractivity contribution in [1.82, 2.24) is 4.90 Å². The zero-order chi connectivity index (χ0) is 20.2. The molecule has 0 aromatic heterocycles. The van der Waals surface area contributed by atoms with Gasteiger partial charge in [0.15, 0.2) is 0 Å². The molecule has 27 heavy (non-hydrogen) atoms. The number of carbonyl (C=O) groups excluding carboxylic acids is 2. The number of hydrogen-bond acceptors (Lipinski definition) is 5. The van der Waals surface area contributed by atoms with E-state index in [1.165, 1.54) is 18.2 Å². The SMILES string of the molecule is CCOC(=O)C1CCN(C(=O)CN(c2ccc(Cl)cc2Cl)S(C)(=O)=O)CC1. The van der Waals surface area contributed by atoms with Crippen LogP contribution in [0.4, 0.5) is 5.69 Å². The molecule has 1 saturated heterocycles. The van der Waals surface area contributed by atoms with Crippen molar-refractivity contribution in [3.8, 4) is 0 Å². The van der Waals surface area contributed by atoms with Gasteiger partial charge in [-0.15, -0.1) is 0 Å². The van der Waals surface area contributed by atoms with E-state index in [1.807, 2.05) is 0 Å². The maximum atomic E-state index is 12.6. The molecule has 0 atom stereocenters. The molecule has 1 aliphatic heterocycles. The summed E-state index contributed by atoms with van der Waals surface area (Å²) < 4.78 is 30.4. The first-order valence-electron chi connectivity index (χ1n) is 8.50. The van der Waals surface area contributed by atoms with E-state index in [4.69, 9.17) is 27.9 Å². The fourth-order valence-corrected chi connectivity index (χ4v) is 4.33. The van der Waals surface area contributed by atoms with Crippen molar-refractivity contribution in [3.63, 3.8) is 0 Å². The number of amides is 1. The molecule has 0 radical (unpaired) electrons. The van der Waals surface area contributed by atoms with Gasteiger partial charge in [0.1, 0.15) is 6.54 Å². The van der Waals surface area contributed by atoms with E-state index in [-0.39, 0.29) is 35.0 Å². The molecule has 2 rings (SSSR count). The maximum Gasteiger partial charge on any atom is 0.309 e. The van der Waals surface area contributed by atoms with Crippen molar-refractivity contribution in [1.29, 1.82) is 0 Å². The normalized spacial score (nSPS) is 15.5. The Morgan fingerprint density at radius 1 is 1.26 bits per heavy atom. The van der Waals surface area contributed by atoms with E-state index in [2.05, 4.69) is 0 Å². The van der Waals surface area contributed by atoms with Gasteiger partial charge in [0.25, 0.3) is 0 Å². The summed E-state index contributed by atoms with van der Waals surface area (Å²) in [7, 11) is -3.73. The van der Waals surface area contributed by atoms with Crippen molar-refractivity contribution in [2.45, 2.75) is 19.8 Å². The summed E-state index contributed by atoms with van der Waals surface area (Å²) in [5, 5.41) is 0.506. The van der Waals surface area contributed by atoms with E-state index in [1.54, 1.807) is 11.8 Å². The van der Waals surface area contributed by atoms with Gasteiger partial charge in [-0.05, 0) is 38.0 Å². The van der Waals surface area contributed by atoms with Gasteiger partial charge in [0.2, 0.25) is 15.9 Å². The van der Waals surface area contributed by atoms with Crippen molar-refractivity contribution in [2.24, 2.45) is 5.92 Å². The van der Waals surface area contributed by atoms with Crippen LogP contribution < -0.4 is 4.31 Å². The van der Waals surface area contributed by atoms with Crippen molar-refractivity contribution in [3.05, 3.63) is 28.2 Å². The first kappa shape index (κ1) is 21.8. The molecule has 0 saturated carbocycles. The van der Waals surface area contributed by atoms with E-state index < -0.39 is 10.0 Å². The summed E-state index contributed by atoms with van der Waals surface area (Å²) in [6.07, 6.45) is 1.99. The third kappa shape index (κ3) is 5.73. The van der Waals surface area contributed by atoms with Gasteiger partial charge >= 0.3 is 5.97 Å². The number of likely N-dealkylation sites (tertiary alicyclic amines) is 1. The molecule has 1 aliphatic rings. The maximum absolute atomic E-state index is 12.6. The van der Waals surface area contributed by atoms with Crippen LogP contribution in [-0.2, 0) is 24.3 Å². The van der Waals surface area contributed by atoms with Crippen LogP contribution >= 0.6 is 23.2 Å². The number of nitrogens with zero attached hydrogens (tertiary/aromatic N) is 2. The minimum Gasteiger partial charge on any atom is -0.466 e. The number of carbonyl (C=O) groups is 2. The molecule has 0 aliphatic carbocycles. The van der Waals surface area contributed by atoms with Crippen LogP contribution in [0, 0.1) is 5.92 Å². The summed E-state index contributed by atoms with van der Waals surface area (Å²) in [6.45, 7) is 2.44. The van der Waals surface area contributed by atoms with Crippen LogP contribution in [0.25, 0.3) is 0 Å². The zero-order valence-electron chi connectivity index (χ0n) is 15.2. The predicted molar refractivity (Wildman–Crippen MR) is 105 cm³/mol. The van der Waals surface area contributed by atoms with E-state index >= 15 is 0 Å². The van der Waals surface area contributed by atoms with Crippen molar-refractivity contribution >= 4 is 50.8 Å². The number of sulfonamides is 1. The minimum atomic E-state index is -3.73. The van der Waals surface area contributed by atoms with Crippen LogP contribution in [0.1, 0.15) is 19.8 Å². The van der Waals surface area contributed by atoms with Gasteiger partial charge in [0, 0.05) is 18.1 Å². The second-order valence-electron chi connectivity index (χ2n) is 6.27. The molecule has 1 heterocycles. The number of benzene rings is 1. The monoisotopic (exact) mass is 436 g/mol. The van der Waals surface area contributed by atoms with E-state index in [9.17, 15) is 18.0 Å². The van der Waals surface area contributed by atoms with Gasteiger partial charge in [-0.25, -0.2) is 8.42 Å². The Labute approximate surface area is 169 Å². The lowest BCUT2D eigenvalue weighted by Gasteiger charge is -2.33. The highest BCUT2D eigenvalue weighted by Gasteiger charge is 2.31. The average Bonchev–Trinajstić information content (AvgIpc) is 2.59. The van der Waals surface area contributed by atoms with Crippen molar-refractivity contribution < 1.29 is 22.7 Å². The predicted octanol–water partition coefficient (Wildman–Crippen LogP) is 2.56. The molecule has 0 N–H and O–H groups in total. The molecule has 0 spiro atoms. The third-order valence-corrected chi connectivity index (χ3v) is 5.99. The number of rotatable bonds is 6. The smallest absolute Gasteiger partial charge is 0.309 e. The molecule has 1 aromatic rings. The largest absolute Gasteiger partial charge is 0.466 e. The highest BCUT2D eigenvalue weighted by Crippen LogP contribution is 2.30. The number of piperidine rings is 1. The molecule has 1 amide bonds. The Morgan fingerprint density at radius 3 is 2.41 bits per heavy atom. The van der Waals surface area contributed by atoms with Crippen LogP contribution in [-0.4, -0.2) is 57.7 Å². The lowest BCUT2D eigenvalue weighted by atomic mass is 9.97. The Morgan fingerprint density at radius 2 is 1.89 bits per heavy atom. The number of halogens is 2. The Bertz CT molecular complexity index is 808. The average molecular weight is 437 g/mol. The summed E-state index contributed by atoms with van der Waals surface area (Å²) in [5.41, 5.74) is 0.193. The quantitative estimate of drug-likeness (QED) is 0.639. The van der Waals surface area contributed by atoms with Crippen LogP contribution in [0.2, 0.25) is 10.0 Å². The van der Waals surface area contributed by atoms with Gasteiger partial charge < -0.3 is 9.64 Å². The Balaban J connectivity index is 2.08. The molecule has 0 bridgehead atoms. The highest BCUT2D eigenvalue weighted by atomic mass is 35.5. The summed E-state index contributed by atoms with van der Waals surface area (Å²) >= 11 is 12.0. The summed E-state index contributed by atoms with van der Waals surface area (Å²) in [5.74, 6) is -0.838. The molecule has 10 heteroatoms. The first-order valence-corrected chi connectivity index (χ1v) is 11.1. The molecule has 0 unspecified atom stereocenters. The first-order chi connectivity index (χ1) is 12.6. The number of esters is 1. The van der Waals surface area contributed by atoms with Gasteiger partial charge in [-0.3, -0.25) is 13.9 Å². The van der Waals surface area contributed by atoms with Crippen LogP contribution in [0.15, 0.2) is 18.2 Å². The van der Waals surface area contributed by atoms with Crippen LogP contribution in [0.3, 0.4) is 0 Å². The lowest BCUT2D eigenvalue weighted by molar-refractivity contribution is -0.151. The molecular formula is C17H22Cl2N2O5S. The van der Waals surface area contributed by atoms with Gasteiger partial charge in [-0.1, -0.05) is 23.2 Å². The fraction of sp³-hybridized carbons (Fsp3) is 0.529. The van der Waals surface area contributed by atoms with Gasteiger partial charge in [0.05, 0.1) is 29.5 Å². The Hall–Kier alpha value is -1.51. The molecule has 7 nitrogen and oxygen atoms in total. The van der Waals surface area contributed by atoms with E-state index in [0.29, 0.717) is 37.6 Å². The van der Waals surface area contributed by atoms with Crippen LogP contribution in [0.5, 0.6) is 0 Å². The van der Waals surface area contributed by atoms with E-state index in [0.717, 1.165) is 10.6 Å². The standard InChI is InChI=1S/C17H22Cl2N2O5S/c1-3-26-17(23)12-6-8-20(9-7-12)16(22)11-21(27(2,24)25)15-5-4-13(18)10-14(15)19/h4-5,10,12H,3,6-9,11H2,1-2H3. The topological polar surface area (TPSA) is 84.0 Å². The second kappa shape index (κ2) is 9.12. The number of hydrogen-bond donors (Lipinski definition) is 0. The fourth-order valence-electron chi connectivity index (χ4n) is 2.91. The van der Waals surface area contributed by atoms with Gasteiger partial charge in [-0.2, -0.15) is 0 Å². The minimum absolute atomic E-state index is 0.141. The summed E-state index contributed by atoms with van der Waals surface area (Å²) in [4.78, 5) is 26.0. The van der Waals surface area contributed by atoms with Crippen molar-refractivity contribution in [2.75, 3.05) is 36.8 Å². The molecule has 1 fully saturated rings. The highest BCUT2D eigenvalue weighted by molar-refractivity contribution is 7.92. The zero-order valence-corrected chi connectivity index (χ0v) is 17.5. The third-order valence-electron chi connectivity index (χ3n) is 4.33.